The minimum Gasteiger partial charge on any atom is -0.494 e. The predicted octanol–water partition coefficient (Wildman–Crippen LogP) is 1.41. The number of benzene rings is 1. The molecule has 0 aliphatic rings. The lowest BCUT2D eigenvalue weighted by molar-refractivity contribution is 0.0691. The summed E-state index contributed by atoms with van der Waals surface area (Å²) in [5.74, 6) is -0.159. The minimum atomic E-state index is -1.12. The third-order valence-electron chi connectivity index (χ3n) is 2.43. The Bertz CT molecular complexity index is 577. The highest BCUT2D eigenvalue weighted by Crippen LogP contribution is 2.16. The Kier molecular flexibility index (Phi) is 3.65. The van der Waals surface area contributed by atoms with Gasteiger partial charge in [-0.15, -0.1) is 15.0 Å². The van der Waals surface area contributed by atoms with E-state index in [1.165, 1.54) is 4.80 Å². The van der Waals surface area contributed by atoms with Gasteiger partial charge in [-0.25, -0.2) is 4.79 Å². The van der Waals surface area contributed by atoms with Crippen molar-refractivity contribution < 1.29 is 14.6 Å². The lowest BCUT2D eigenvalue weighted by Crippen LogP contribution is -2.03. The largest absolute Gasteiger partial charge is 0.494 e. The van der Waals surface area contributed by atoms with E-state index in [4.69, 9.17) is 9.84 Å². The Morgan fingerprint density at radius 2 is 2.05 bits per heavy atom. The zero-order valence-electron chi connectivity index (χ0n) is 10.6. The number of carboxylic acid groups (broad SMARTS) is 1. The van der Waals surface area contributed by atoms with E-state index >= 15 is 0 Å². The summed E-state index contributed by atoms with van der Waals surface area (Å²) in [6.07, 6.45) is 0. The number of aromatic nitrogens is 3. The second kappa shape index (κ2) is 5.38. The maximum atomic E-state index is 11.0. The first-order valence-electron chi connectivity index (χ1n) is 5.77. The van der Waals surface area contributed by atoms with Crippen LogP contribution in [0.25, 0.3) is 5.69 Å². The molecule has 0 saturated heterocycles. The molecule has 7 heteroatoms. The van der Waals surface area contributed by atoms with Gasteiger partial charge in [-0.05, 0) is 31.2 Å². The molecule has 1 aromatic heterocycles. The molecule has 0 aliphatic carbocycles. The molecule has 0 saturated carbocycles. The van der Waals surface area contributed by atoms with Crippen LogP contribution in [0.1, 0.15) is 17.4 Å². The van der Waals surface area contributed by atoms with Crippen molar-refractivity contribution >= 4 is 11.8 Å². The van der Waals surface area contributed by atoms with Gasteiger partial charge in [0, 0.05) is 7.05 Å². The van der Waals surface area contributed by atoms with Crippen molar-refractivity contribution in [2.24, 2.45) is 0 Å². The fourth-order valence-electron chi connectivity index (χ4n) is 1.58. The summed E-state index contributed by atoms with van der Waals surface area (Å²) in [6.45, 7) is 2.49. The first-order chi connectivity index (χ1) is 9.15. The van der Waals surface area contributed by atoms with Crippen molar-refractivity contribution in [1.29, 1.82) is 0 Å². The number of carboxylic acids is 1. The number of nitrogens with zero attached hydrogens (tertiary/aromatic N) is 3. The molecule has 2 N–H and O–H groups in total. The molecular weight excluding hydrogens is 248 g/mol. The van der Waals surface area contributed by atoms with E-state index in [1.807, 2.05) is 6.92 Å². The maximum Gasteiger partial charge on any atom is 0.360 e. The highest BCUT2D eigenvalue weighted by molar-refractivity contribution is 5.90. The summed E-state index contributed by atoms with van der Waals surface area (Å²) >= 11 is 0. The Morgan fingerprint density at radius 1 is 1.37 bits per heavy atom. The Morgan fingerprint density at radius 3 is 2.53 bits per heavy atom. The summed E-state index contributed by atoms with van der Waals surface area (Å²) in [5.41, 5.74) is 0.545. The molecule has 100 valence electrons. The molecule has 1 aromatic carbocycles. The van der Waals surface area contributed by atoms with Crippen LogP contribution in [0, 0.1) is 0 Å². The van der Waals surface area contributed by atoms with Crippen molar-refractivity contribution in [3.8, 4) is 11.4 Å². The van der Waals surface area contributed by atoms with Crippen LogP contribution < -0.4 is 10.1 Å². The maximum absolute atomic E-state index is 11.0. The van der Waals surface area contributed by atoms with Crippen molar-refractivity contribution in [2.75, 3.05) is 19.0 Å². The van der Waals surface area contributed by atoms with Crippen LogP contribution >= 0.6 is 0 Å². The number of nitrogens with one attached hydrogen (secondary N) is 1. The SMILES string of the molecule is CCOc1ccc(-n2nc(NC)c(C(=O)O)n2)cc1. The molecule has 0 aliphatic heterocycles. The summed E-state index contributed by atoms with van der Waals surface area (Å²) in [7, 11) is 1.60. The van der Waals surface area contributed by atoms with E-state index in [9.17, 15) is 4.79 Å². The smallest absolute Gasteiger partial charge is 0.360 e. The van der Waals surface area contributed by atoms with Crippen LogP contribution in [0.4, 0.5) is 5.82 Å². The average Bonchev–Trinajstić information content (AvgIpc) is 2.84. The summed E-state index contributed by atoms with van der Waals surface area (Å²) in [4.78, 5) is 12.3. The first kappa shape index (κ1) is 12.9. The molecule has 0 spiro atoms. The van der Waals surface area contributed by atoms with E-state index in [2.05, 4.69) is 15.5 Å². The van der Waals surface area contributed by atoms with Gasteiger partial charge in [-0.2, -0.15) is 0 Å². The Hall–Kier alpha value is -2.57. The number of anilines is 1. The van der Waals surface area contributed by atoms with Gasteiger partial charge in [0.1, 0.15) is 5.75 Å². The molecule has 19 heavy (non-hydrogen) atoms. The first-order valence-corrected chi connectivity index (χ1v) is 5.77. The van der Waals surface area contributed by atoms with Gasteiger partial charge in [-0.1, -0.05) is 0 Å². The van der Waals surface area contributed by atoms with Gasteiger partial charge in [-0.3, -0.25) is 0 Å². The van der Waals surface area contributed by atoms with Gasteiger partial charge in [0.15, 0.2) is 5.82 Å². The Labute approximate surface area is 109 Å². The molecule has 2 aromatic rings. The van der Waals surface area contributed by atoms with E-state index in [1.54, 1.807) is 31.3 Å². The topological polar surface area (TPSA) is 89.3 Å². The van der Waals surface area contributed by atoms with E-state index in [-0.39, 0.29) is 11.5 Å². The zero-order valence-corrected chi connectivity index (χ0v) is 10.6. The average molecular weight is 262 g/mol. The van der Waals surface area contributed by atoms with Crippen molar-refractivity contribution in [3.63, 3.8) is 0 Å². The number of aromatic carboxylic acids is 1. The second-order valence-electron chi connectivity index (χ2n) is 3.67. The molecule has 0 bridgehead atoms. The number of hydrogen-bond donors (Lipinski definition) is 2. The molecule has 7 nitrogen and oxygen atoms in total. The zero-order chi connectivity index (χ0) is 13.8. The quantitative estimate of drug-likeness (QED) is 0.846. The van der Waals surface area contributed by atoms with Crippen LogP contribution in [-0.4, -0.2) is 39.7 Å². The van der Waals surface area contributed by atoms with Gasteiger partial charge in [0.25, 0.3) is 0 Å². The van der Waals surface area contributed by atoms with E-state index in [0.717, 1.165) is 5.75 Å². The van der Waals surface area contributed by atoms with Crippen molar-refractivity contribution in [1.82, 2.24) is 15.0 Å². The number of rotatable bonds is 5. The summed E-state index contributed by atoms with van der Waals surface area (Å²) in [5, 5.41) is 19.7. The summed E-state index contributed by atoms with van der Waals surface area (Å²) < 4.78 is 5.33. The van der Waals surface area contributed by atoms with Crippen LogP contribution in [0.3, 0.4) is 0 Å². The highest BCUT2D eigenvalue weighted by atomic mass is 16.5. The van der Waals surface area contributed by atoms with E-state index in [0.29, 0.717) is 12.3 Å². The van der Waals surface area contributed by atoms with Crippen molar-refractivity contribution in [3.05, 3.63) is 30.0 Å². The van der Waals surface area contributed by atoms with Crippen LogP contribution in [-0.2, 0) is 0 Å². The normalized spacial score (nSPS) is 10.2. The third-order valence-corrected chi connectivity index (χ3v) is 2.43. The third kappa shape index (κ3) is 2.65. The second-order valence-corrected chi connectivity index (χ2v) is 3.67. The molecule has 0 unspecified atom stereocenters. The van der Waals surface area contributed by atoms with Gasteiger partial charge >= 0.3 is 5.97 Å². The van der Waals surface area contributed by atoms with Crippen molar-refractivity contribution in [2.45, 2.75) is 6.92 Å². The number of carbonyl (C=O) groups is 1. The molecule has 1 heterocycles. The van der Waals surface area contributed by atoms with Gasteiger partial charge in [0.05, 0.1) is 12.3 Å². The lowest BCUT2D eigenvalue weighted by Gasteiger charge is -2.03. The molecule has 0 atom stereocenters. The van der Waals surface area contributed by atoms with Gasteiger partial charge < -0.3 is 15.2 Å². The molecule has 0 amide bonds. The fraction of sp³-hybridized carbons (Fsp3) is 0.250. The number of hydrogen-bond acceptors (Lipinski definition) is 5. The number of ether oxygens (including phenoxy) is 1. The van der Waals surface area contributed by atoms with Crippen LogP contribution in [0.15, 0.2) is 24.3 Å². The predicted molar refractivity (Wildman–Crippen MR) is 69.0 cm³/mol. The minimum absolute atomic E-state index is 0.114. The fourth-order valence-corrected chi connectivity index (χ4v) is 1.58. The molecule has 2 rings (SSSR count). The van der Waals surface area contributed by atoms with E-state index < -0.39 is 5.97 Å². The Balaban J connectivity index is 2.33. The molecular formula is C12H14N4O3. The monoisotopic (exact) mass is 262 g/mol. The summed E-state index contributed by atoms with van der Waals surface area (Å²) in [6, 6.07) is 7.08. The molecule has 0 radical (unpaired) electrons. The van der Waals surface area contributed by atoms with Crippen LogP contribution in [0.2, 0.25) is 0 Å². The van der Waals surface area contributed by atoms with Gasteiger partial charge in [0.2, 0.25) is 5.69 Å². The lowest BCUT2D eigenvalue weighted by atomic mass is 10.3. The standard InChI is InChI=1S/C12H14N4O3/c1-3-19-9-6-4-8(5-7-9)16-14-10(12(17)18)11(13-2)15-16/h4-7H,3H2,1-2H3,(H,13,15)(H,17,18). The highest BCUT2D eigenvalue weighted by Gasteiger charge is 2.17. The molecule has 0 fully saturated rings. The van der Waals surface area contributed by atoms with Crippen LogP contribution in [0.5, 0.6) is 5.75 Å².